The van der Waals surface area contributed by atoms with Crippen molar-refractivity contribution in [3.63, 3.8) is 0 Å². The maximum Gasteiger partial charge on any atom is 0.418 e. The van der Waals surface area contributed by atoms with E-state index in [-0.39, 0.29) is 5.69 Å². The van der Waals surface area contributed by atoms with E-state index < -0.39 is 29.9 Å². The zero-order chi connectivity index (χ0) is 15.5. The van der Waals surface area contributed by atoms with Gasteiger partial charge < -0.3 is 15.7 Å². The molecule has 0 aliphatic heterocycles. The third-order valence-corrected chi connectivity index (χ3v) is 3.53. The van der Waals surface area contributed by atoms with Crippen molar-refractivity contribution in [2.75, 3.05) is 5.32 Å². The standard InChI is InChI=1S/C14H17F3N2O2/c15-14(16,17)9-5-1-2-6-10(9)18-13(21)19-11-7-3-4-8-12(11)20/h1-2,5-6,11-12,20H,3-4,7-8H2,(H2,18,19,21). The molecule has 1 fully saturated rings. The fraction of sp³-hybridized carbons (Fsp3) is 0.500. The summed E-state index contributed by atoms with van der Waals surface area (Å²) in [5, 5.41) is 14.5. The van der Waals surface area contributed by atoms with Crippen LogP contribution < -0.4 is 10.6 Å². The van der Waals surface area contributed by atoms with E-state index >= 15 is 0 Å². The summed E-state index contributed by atoms with van der Waals surface area (Å²) in [5.74, 6) is 0. The quantitative estimate of drug-likeness (QED) is 0.786. The van der Waals surface area contributed by atoms with E-state index in [2.05, 4.69) is 10.6 Å². The topological polar surface area (TPSA) is 61.4 Å². The van der Waals surface area contributed by atoms with Gasteiger partial charge in [-0.05, 0) is 25.0 Å². The number of carbonyl (C=O) groups excluding carboxylic acids is 1. The lowest BCUT2D eigenvalue weighted by atomic mass is 9.93. The van der Waals surface area contributed by atoms with Crippen molar-refractivity contribution in [3.8, 4) is 0 Å². The van der Waals surface area contributed by atoms with Crippen LogP contribution >= 0.6 is 0 Å². The third kappa shape index (κ3) is 4.10. The SMILES string of the molecule is O=C(Nc1ccccc1C(F)(F)F)NC1CCCCC1O. The first kappa shape index (κ1) is 15.6. The number of alkyl halides is 3. The Hall–Kier alpha value is -1.76. The second kappa shape index (κ2) is 6.34. The first-order valence-electron chi connectivity index (χ1n) is 6.80. The van der Waals surface area contributed by atoms with Gasteiger partial charge in [-0.3, -0.25) is 0 Å². The number of aliphatic hydroxyl groups is 1. The van der Waals surface area contributed by atoms with Gasteiger partial charge in [0.2, 0.25) is 0 Å². The highest BCUT2D eigenvalue weighted by Gasteiger charge is 2.34. The second-order valence-electron chi connectivity index (χ2n) is 5.10. The largest absolute Gasteiger partial charge is 0.418 e. The average molecular weight is 302 g/mol. The maximum absolute atomic E-state index is 12.8. The number of benzene rings is 1. The van der Waals surface area contributed by atoms with Crippen molar-refractivity contribution >= 4 is 11.7 Å². The smallest absolute Gasteiger partial charge is 0.391 e. The zero-order valence-corrected chi connectivity index (χ0v) is 11.3. The first-order chi connectivity index (χ1) is 9.88. The third-order valence-electron chi connectivity index (χ3n) is 3.53. The molecule has 0 spiro atoms. The van der Waals surface area contributed by atoms with Crippen LogP contribution in [0, 0.1) is 0 Å². The molecule has 21 heavy (non-hydrogen) atoms. The number of urea groups is 1. The summed E-state index contributed by atoms with van der Waals surface area (Å²) in [7, 11) is 0. The summed E-state index contributed by atoms with van der Waals surface area (Å²) >= 11 is 0. The molecule has 1 aliphatic carbocycles. The summed E-state index contributed by atoms with van der Waals surface area (Å²) < 4.78 is 38.4. The minimum Gasteiger partial charge on any atom is -0.391 e. The Morgan fingerprint density at radius 3 is 2.52 bits per heavy atom. The molecule has 1 aromatic rings. The molecule has 0 radical (unpaired) electrons. The van der Waals surface area contributed by atoms with E-state index in [9.17, 15) is 23.1 Å². The molecule has 0 saturated heterocycles. The average Bonchev–Trinajstić information content (AvgIpc) is 2.41. The van der Waals surface area contributed by atoms with Gasteiger partial charge in [0.1, 0.15) is 0 Å². The van der Waals surface area contributed by atoms with Crippen LogP contribution in [0.1, 0.15) is 31.2 Å². The number of hydrogen-bond acceptors (Lipinski definition) is 2. The molecule has 7 heteroatoms. The van der Waals surface area contributed by atoms with E-state index in [4.69, 9.17) is 0 Å². The Bertz CT molecular complexity index is 505. The lowest BCUT2D eigenvalue weighted by Gasteiger charge is -2.28. The number of carbonyl (C=O) groups is 1. The molecular formula is C14H17F3N2O2. The van der Waals surface area contributed by atoms with Crippen molar-refractivity contribution in [3.05, 3.63) is 29.8 Å². The summed E-state index contributed by atoms with van der Waals surface area (Å²) in [6.07, 6.45) is -2.21. The number of hydrogen-bond donors (Lipinski definition) is 3. The molecule has 2 atom stereocenters. The van der Waals surface area contributed by atoms with Gasteiger partial charge >= 0.3 is 12.2 Å². The van der Waals surface area contributed by atoms with Crippen LogP contribution in [0.5, 0.6) is 0 Å². The first-order valence-corrected chi connectivity index (χ1v) is 6.80. The van der Waals surface area contributed by atoms with Crippen LogP contribution in [0.2, 0.25) is 0 Å². The number of nitrogens with one attached hydrogen (secondary N) is 2. The molecule has 0 heterocycles. The number of halogens is 3. The fourth-order valence-electron chi connectivity index (χ4n) is 2.45. The van der Waals surface area contributed by atoms with Crippen LogP contribution in [0.4, 0.5) is 23.7 Å². The zero-order valence-electron chi connectivity index (χ0n) is 11.3. The van der Waals surface area contributed by atoms with Crippen molar-refractivity contribution in [2.24, 2.45) is 0 Å². The molecule has 1 aromatic carbocycles. The Morgan fingerprint density at radius 1 is 1.19 bits per heavy atom. The van der Waals surface area contributed by atoms with E-state index in [1.54, 1.807) is 0 Å². The van der Waals surface area contributed by atoms with Crippen LogP contribution in [0.25, 0.3) is 0 Å². The molecule has 4 nitrogen and oxygen atoms in total. The van der Waals surface area contributed by atoms with Gasteiger partial charge in [-0.2, -0.15) is 13.2 Å². The highest BCUT2D eigenvalue weighted by molar-refractivity contribution is 5.90. The Morgan fingerprint density at radius 2 is 1.86 bits per heavy atom. The Labute approximate surface area is 120 Å². The number of para-hydroxylation sites is 1. The van der Waals surface area contributed by atoms with E-state index in [1.165, 1.54) is 18.2 Å². The molecule has 1 saturated carbocycles. The van der Waals surface area contributed by atoms with Gasteiger partial charge in [0, 0.05) is 0 Å². The summed E-state index contributed by atoms with van der Waals surface area (Å²) in [4.78, 5) is 11.8. The van der Waals surface area contributed by atoms with Crippen molar-refractivity contribution in [1.82, 2.24) is 5.32 Å². The van der Waals surface area contributed by atoms with E-state index in [0.717, 1.165) is 18.9 Å². The van der Waals surface area contributed by atoms with Gasteiger partial charge in [-0.15, -0.1) is 0 Å². The number of amides is 2. The molecule has 0 bridgehead atoms. The van der Waals surface area contributed by atoms with Crippen LogP contribution in [0.15, 0.2) is 24.3 Å². The van der Waals surface area contributed by atoms with Gasteiger partial charge in [-0.25, -0.2) is 4.79 Å². The lowest BCUT2D eigenvalue weighted by Crippen LogP contribution is -2.46. The predicted octanol–water partition coefficient (Wildman–Crippen LogP) is 3.13. The summed E-state index contributed by atoms with van der Waals surface area (Å²) in [6, 6.07) is 3.62. The molecule has 1 aliphatic rings. The number of aliphatic hydroxyl groups excluding tert-OH is 1. The van der Waals surface area contributed by atoms with Gasteiger partial charge in [-0.1, -0.05) is 25.0 Å². The van der Waals surface area contributed by atoms with Crippen LogP contribution in [0.3, 0.4) is 0 Å². The Balaban J connectivity index is 2.03. The second-order valence-corrected chi connectivity index (χ2v) is 5.10. The maximum atomic E-state index is 12.8. The van der Waals surface area contributed by atoms with Crippen molar-refractivity contribution in [1.29, 1.82) is 0 Å². The van der Waals surface area contributed by atoms with Crippen molar-refractivity contribution < 1.29 is 23.1 Å². The number of anilines is 1. The minimum atomic E-state index is -4.53. The molecule has 116 valence electrons. The number of rotatable bonds is 2. The molecule has 0 aromatic heterocycles. The van der Waals surface area contributed by atoms with Crippen LogP contribution in [-0.2, 0) is 6.18 Å². The lowest BCUT2D eigenvalue weighted by molar-refractivity contribution is -0.136. The van der Waals surface area contributed by atoms with E-state index in [1.807, 2.05) is 0 Å². The highest BCUT2D eigenvalue weighted by Crippen LogP contribution is 2.34. The van der Waals surface area contributed by atoms with Crippen molar-refractivity contribution in [2.45, 2.75) is 44.0 Å². The molecule has 2 rings (SSSR count). The summed E-state index contributed by atoms with van der Waals surface area (Å²) in [6.45, 7) is 0. The highest BCUT2D eigenvalue weighted by atomic mass is 19.4. The molecule has 2 unspecified atom stereocenters. The van der Waals surface area contributed by atoms with Gasteiger partial charge in [0.15, 0.2) is 0 Å². The molecule has 2 amide bonds. The summed E-state index contributed by atoms with van der Waals surface area (Å²) in [5.41, 5.74) is -1.20. The van der Waals surface area contributed by atoms with Gasteiger partial charge in [0.05, 0.1) is 23.4 Å². The van der Waals surface area contributed by atoms with E-state index in [0.29, 0.717) is 12.8 Å². The predicted molar refractivity (Wildman–Crippen MR) is 71.9 cm³/mol. The molecule has 3 N–H and O–H groups in total. The fourth-order valence-corrected chi connectivity index (χ4v) is 2.45. The Kier molecular flexibility index (Phi) is 4.72. The van der Waals surface area contributed by atoms with Crippen LogP contribution in [-0.4, -0.2) is 23.3 Å². The minimum absolute atomic E-state index is 0.298. The molecular weight excluding hydrogens is 285 g/mol. The van der Waals surface area contributed by atoms with Gasteiger partial charge in [0.25, 0.3) is 0 Å². The monoisotopic (exact) mass is 302 g/mol. The normalized spacial score (nSPS) is 22.7.